The first-order valence-electron chi connectivity index (χ1n) is 5.44. The Morgan fingerprint density at radius 1 is 1.41 bits per heavy atom. The molecule has 0 spiro atoms. The van der Waals surface area contributed by atoms with Gasteiger partial charge in [0.25, 0.3) is 0 Å². The maximum Gasteiger partial charge on any atom is 0.323 e. The minimum atomic E-state index is -1.13. The van der Waals surface area contributed by atoms with Gasteiger partial charge in [0.05, 0.1) is 13.5 Å². The monoisotopic (exact) mass is 245 g/mol. The van der Waals surface area contributed by atoms with E-state index in [2.05, 4.69) is 4.74 Å². The van der Waals surface area contributed by atoms with Crippen molar-refractivity contribution in [1.29, 1.82) is 0 Å². The Balaban J connectivity index is 4.32. The molecular formula is C11H19NO5. The number of methoxy groups -OCH3 is 1. The van der Waals surface area contributed by atoms with Gasteiger partial charge in [0, 0.05) is 0 Å². The molecule has 0 fully saturated rings. The Morgan fingerprint density at radius 2 is 2.00 bits per heavy atom. The highest BCUT2D eigenvalue weighted by Crippen LogP contribution is 2.08. The van der Waals surface area contributed by atoms with Crippen LogP contribution >= 0.6 is 0 Å². The molecule has 0 aromatic carbocycles. The van der Waals surface area contributed by atoms with Gasteiger partial charge < -0.3 is 15.2 Å². The van der Waals surface area contributed by atoms with Crippen molar-refractivity contribution < 1.29 is 23.9 Å². The summed E-state index contributed by atoms with van der Waals surface area (Å²) in [5, 5.41) is 0. The number of carbonyl (C=O) groups is 3. The Labute approximate surface area is 100 Å². The zero-order chi connectivity index (χ0) is 13.4. The summed E-state index contributed by atoms with van der Waals surface area (Å²) in [6.45, 7) is 3.70. The zero-order valence-corrected chi connectivity index (χ0v) is 10.3. The molecule has 0 aromatic heterocycles. The standard InChI is InChI=1S/C11H19NO5/c1-4-7(2)10(12)11(15)17-8(6-13)5-9(14)16-3/h6-8,10H,4-5,12H2,1-3H3. The zero-order valence-electron chi connectivity index (χ0n) is 10.3. The first-order chi connectivity index (χ1) is 7.96. The van der Waals surface area contributed by atoms with Crippen LogP contribution in [-0.4, -0.2) is 37.5 Å². The summed E-state index contributed by atoms with van der Waals surface area (Å²) in [6.07, 6.45) is -0.319. The average molecular weight is 245 g/mol. The first kappa shape index (κ1) is 15.6. The van der Waals surface area contributed by atoms with E-state index in [0.717, 1.165) is 6.42 Å². The summed E-state index contributed by atoms with van der Waals surface area (Å²) in [5.74, 6) is -1.35. The predicted molar refractivity (Wildman–Crippen MR) is 60.0 cm³/mol. The van der Waals surface area contributed by atoms with Crippen LogP contribution in [0.5, 0.6) is 0 Å². The third-order valence-electron chi connectivity index (χ3n) is 2.54. The van der Waals surface area contributed by atoms with Gasteiger partial charge in [-0.05, 0) is 5.92 Å². The highest BCUT2D eigenvalue weighted by atomic mass is 16.6. The lowest BCUT2D eigenvalue weighted by atomic mass is 10.0. The van der Waals surface area contributed by atoms with E-state index in [0.29, 0.717) is 6.29 Å². The highest BCUT2D eigenvalue weighted by molar-refractivity contribution is 5.80. The summed E-state index contributed by atoms with van der Waals surface area (Å²) in [7, 11) is 1.19. The largest absolute Gasteiger partial charge is 0.469 e. The summed E-state index contributed by atoms with van der Waals surface area (Å²) < 4.78 is 9.20. The molecule has 0 amide bonds. The molecule has 0 radical (unpaired) electrons. The van der Waals surface area contributed by atoms with Crippen LogP contribution in [0.25, 0.3) is 0 Å². The second-order valence-electron chi connectivity index (χ2n) is 3.80. The maximum atomic E-state index is 11.5. The molecule has 3 atom stereocenters. The van der Waals surface area contributed by atoms with Crippen molar-refractivity contribution in [3.05, 3.63) is 0 Å². The van der Waals surface area contributed by atoms with Crippen molar-refractivity contribution in [2.24, 2.45) is 11.7 Å². The molecule has 98 valence electrons. The van der Waals surface area contributed by atoms with Crippen LogP contribution in [0.3, 0.4) is 0 Å². The van der Waals surface area contributed by atoms with Crippen LogP contribution < -0.4 is 5.73 Å². The van der Waals surface area contributed by atoms with E-state index in [1.165, 1.54) is 7.11 Å². The molecule has 0 rings (SSSR count). The fourth-order valence-electron chi connectivity index (χ4n) is 1.08. The van der Waals surface area contributed by atoms with Crippen LogP contribution in [-0.2, 0) is 23.9 Å². The predicted octanol–water partition coefficient (Wildman–Crippen LogP) is 0.0336. The van der Waals surface area contributed by atoms with E-state index in [-0.39, 0.29) is 12.3 Å². The number of carbonyl (C=O) groups excluding carboxylic acids is 3. The average Bonchev–Trinajstić information content (AvgIpc) is 2.35. The molecule has 0 aliphatic heterocycles. The van der Waals surface area contributed by atoms with Gasteiger partial charge >= 0.3 is 11.9 Å². The molecule has 3 unspecified atom stereocenters. The topological polar surface area (TPSA) is 95.7 Å². The molecule has 0 saturated heterocycles. The lowest BCUT2D eigenvalue weighted by molar-refractivity contribution is -0.158. The summed E-state index contributed by atoms with van der Waals surface area (Å²) in [5.41, 5.74) is 5.63. The van der Waals surface area contributed by atoms with Crippen molar-refractivity contribution in [3.8, 4) is 0 Å². The van der Waals surface area contributed by atoms with Gasteiger partial charge in [-0.2, -0.15) is 0 Å². The van der Waals surface area contributed by atoms with Crippen LogP contribution in [0.15, 0.2) is 0 Å². The van der Waals surface area contributed by atoms with Gasteiger partial charge in [0.15, 0.2) is 12.4 Å². The third kappa shape index (κ3) is 5.44. The number of nitrogens with two attached hydrogens (primary N) is 1. The number of ether oxygens (including phenoxy) is 2. The molecule has 17 heavy (non-hydrogen) atoms. The van der Waals surface area contributed by atoms with Gasteiger partial charge in [-0.25, -0.2) is 0 Å². The van der Waals surface area contributed by atoms with Gasteiger partial charge in [-0.3, -0.25) is 14.4 Å². The molecule has 0 aromatic rings. The van der Waals surface area contributed by atoms with Gasteiger partial charge in [0.1, 0.15) is 6.04 Å². The molecular weight excluding hydrogens is 226 g/mol. The second kappa shape index (κ2) is 7.78. The first-order valence-corrected chi connectivity index (χ1v) is 5.44. The van der Waals surface area contributed by atoms with E-state index < -0.39 is 24.1 Å². The molecule has 0 heterocycles. The van der Waals surface area contributed by atoms with Crippen LogP contribution in [0.4, 0.5) is 0 Å². The summed E-state index contributed by atoms with van der Waals surface area (Å²) in [4.78, 5) is 33.1. The van der Waals surface area contributed by atoms with Crippen LogP contribution in [0, 0.1) is 5.92 Å². The van der Waals surface area contributed by atoms with E-state index in [1.807, 2.05) is 13.8 Å². The van der Waals surface area contributed by atoms with Crippen molar-refractivity contribution >= 4 is 18.2 Å². The molecule has 0 aliphatic carbocycles. The lowest BCUT2D eigenvalue weighted by Gasteiger charge is -2.19. The van der Waals surface area contributed by atoms with Crippen LogP contribution in [0.1, 0.15) is 26.7 Å². The van der Waals surface area contributed by atoms with Gasteiger partial charge in [-0.1, -0.05) is 20.3 Å². The van der Waals surface area contributed by atoms with Gasteiger partial charge in [0.2, 0.25) is 0 Å². The number of hydrogen-bond acceptors (Lipinski definition) is 6. The summed E-state index contributed by atoms with van der Waals surface area (Å²) >= 11 is 0. The van der Waals surface area contributed by atoms with Gasteiger partial charge in [-0.15, -0.1) is 0 Å². The minimum Gasteiger partial charge on any atom is -0.469 e. The van der Waals surface area contributed by atoms with E-state index in [1.54, 1.807) is 0 Å². The molecule has 6 heteroatoms. The van der Waals surface area contributed by atoms with Crippen molar-refractivity contribution in [2.45, 2.75) is 38.8 Å². The van der Waals surface area contributed by atoms with E-state index >= 15 is 0 Å². The van der Waals surface area contributed by atoms with E-state index in [4.69, 9.17) is 10.5 Å². The fraction of sp³-hybridized carbons (Fsp3) is 0.727. The number of esters is 2. The SMILES string of the molecule is CCC(C)C(N)C(=O)OC(C=O)CC(=O)OC. The van der Waals surface area contributed by atoms with Crippen LogP contribution in [0.2, 0.25) is 0 Å². The number of hydrogen-bond donors (Lipinski definition) is 1. The smallest absolute Gasteiger partial charge is 0.323 e. The third-order valence-corrected chi connectivity index (χ3v) is 2.54. The molecule has 6 nitrogen and oxygen atoms in total. The maximum absolute atomic E-state index is 11.5. The molecule has 2 N–H and O–H groups in total. The lowest BCUT2D eigenvalue weighted by Crippen LogP contribution is -2.40. The normalized spacial score (nSPS) is 15.5. The summed E-state index contributed by atoms with van der Waals surface area (Å²) in [6, 6.07) is -0.792. The highest BCUT2D eigenvalue weighted by Gasteiger charge is 2.25. The van der Waals surface area contributed by atoms with Crippen molar-refractivity contribution in [2.75, 3.05) is 7.11 Å². The second-order valence-corrected chi connectivity index (χ2v) is 3.80. The van der Waals surface area contributed by atoms with Crippen molar-refractivity contribution in [1.82, 2.24) is 0 Å². The Morgan fingerprint density at radius 3 is 2.41 bits per heavy atom. The number of rotatable bonds is 7. The minimum absolute atomic E-state index is 0.0482. The Kier molecular flexibility index (Phi) is 7.13. The number of aldehydes is 1. The Hall–Kier alpha value is -1.43. The quantitative estimate of drug-likeness (QED) is 0.502. The fourth-order valence-corrected chi connectivity index (χ4v) is 1.08. The Bertz CT molecular complexity index is 279. The van der Waals surface area contributed by atoms with Crippen molar-refractivity contribution in [3.63, 3.8) is 0 Å². The molecule has 0 aliphatic rings. The molecule has 0 saturated carbocycles. The molecule has 0 bridgehead atoms. The van der Waals surface area contributed by atoms with E-state index in [9.17, 15) is 14.4 Å².